The third-order valence-electron chi connectivity index (χ3n) is 5.17. The number of nitrogens with one attached hydrogen (secondary N) is 2. The van der Waals surface area contributed by atoms with Crippen LogP contribution in [-0.4, -0.2) is 35.6 Å². The molecule has 1 saturated heterocycles. The van der Waals surface area contributed by atoms with Crippen LogP contribution in [0.3, 0.4) is 0 Å². The molecule has 5 nitrogen and oxygen atoms in total. The molecule has 27 heavy (non-hydrogen) atoms. The number of rotatable bonds is 6. The minimum Gasteiger partial charge on any atom is -0.381 e. The number of carbonyl (C=O) groups excluding carboxylic acids is 1. The Morgan fingerprint density at radius 1 is 1.19 bits per heavy atom. The van der Waals surface area contributed by atoms with Crippen LogP contribution in [0.15, 0.2) is 54.0 Å². The van der Waals surface area contributed by atoms with Crippen molar-refractivity contribution in [3.63, 3.8) is 0 Å². The molecule has 0 bridgehead atoms. The number of hydrogen-bond acceptors (Lipinski definition) is 4. The van der Waals surface area contributed by atoms with Crippen LogP contribution in [-0.2, 0) is 21.4 Å². The number of H-pyrrole nitrogens is 1. The smallest absolute Gasteiger partial charge is 0.230 e. The number of amides is 1. The van der Waals surface area contributed by atoms with Crippen LogP contribution in [0.2, 0.25) is 0 Å². The standard InChI is InChI=1S/C21H23N3O2S/c25-20(21(9-12-26-13-10-21)16-5-2-1-3-6-16)22-11-8-19-23-15-17(24-19)18-7-4-14-27-18/h1-7,14-15H,8-13H2,(H,22,25)(H,23,24). The second-order valence-electron chi connectivity index (χ2n) is 6.79. The molecule has 1 aliphatic rings. The fourth-order valence-electron chi connectivity index (χ4n) is 3.63. The van der Waals surface area contributed by atoms with Crippen molar-refractivity contribution >= 4 is 17.2 Å². The summed E-state index contributed by atoms with van der Waals surface area (Å²) in [5, 5.41) is 5.18. The van der Waals surface area contributed by atoms with E-state index in [-0.39, 0.29) is 5.91 Å². The van der Waals surface area contributed by atoms with Crippen LogP contribution in [0, 0.1) is 0 Å². The monoisotopic (exact) mass is 381 g/mol. The number of carbonyl (C=O) groups is 1. The molecule has 0 aliphatic carbocycles. The summed E-state index contributed by atoms with van der Waals surface area (Å²) in [7, 11) is 0. The van der Waals surface area contributed by atoms with Gasteiger partial charge in [-0.3, -0.25) is 4.79 Å². The van der Waals surface area contributed by atoms with E-state index in [1.807, 2.05) is 48.0 Å². The van der Waals surface area contributed by atoms with E-state index in [1.54, 1.807) is 11.3 Å². The zero-order chi connectivity index (χ0) is 18.5. The van der Waals surface area contributed by atoms with Crippen LogP contribution < -0.4 is 5.32 Å². The molecule has 0 unspecified atom stereocenters. The molecule has 0 spiro atoms. The summed E-state index contributed by atoms with van der Waals surface area (Å²) in [5.74, 6) is 0.974. The Bertz CT molecular complexity index is 868. The first-order valence-corrected chi connectivity index (χ1v) is 10.2. The first-order chi connectivity index (χ1) is 13.3. The van der Waals surface area contributed by atoms with Gasteiger partial charge in [0, 0.05) is 26.2 Å². The molecule has 1 aliphatic heterocycles. The minimum atomic E-state index is -0.495. The van der Waals surface area contributed by atoms with E-state index in [4.69, 9.17) is 4.74 Å². The lowest BCUT2D eigenvalue weighted by molar-refractivity contribution is -0.130. The Balaban J connectivity index is 1.40. The van der Waals surface area contributed by atoms with E-state index >= 15 is 0 Å². The second kappa shape index (κ2) is 8.06. The van der Waals surface area contributed by atoms with Crippen LogP contribution in [0.4, 0.5) is 0 Å². The van der Waals surface area contributed by atoms with Gasteiger partial charge in [-0.2, -0.15) is 0 Å². The van der Waals surface area contributed by atoms with Gasteiger partial charge in [-0.25, -0.2) is 4.98 Å². The van der Waals surface area contributed by atoms with Gasteiger partial charge in [0.1, 0.15) is 5.82 Å². The summed E-state index contributed by atoms with van der Waals surface area (Å²) in [4.78, 5) is 22.1. The predicted molar refractivity (Wildman–Crippen MR) is 107 cm³/mol. The molecular weight excluding hydrogens is 358 g/mol. The van der Waals surface area contributed by atoms with Gasteiger partial charge >= 0.3 is 0 Å². The number of nitrogens with zero attached hydrogens (tertiary/aromatic N) is 1. The van der Waals surface area contributed by atoms with Gasteiger partial charge in [0.15, 0.2) is 0 Å². The van der Waals surface area contributed by atoms with Gasteiger partial charge in [-0.05, 0) is 29.9 Å². The molecule has 0 atom stereocenters. The zero-order valence-electron chi connectivity index (χ0n) is 15.1. The third-order valence-corrected chi connectivity index (χ3v) is 6.07. The molecular formula is C21H23N3O2S. The maximum Gasteiger partial charge on any atom is 0.230 e. The third kappa shape index (κ3) is 3.82. The number of aromatic amines is 1. The van der Waals surface area contributed by atoms with Crippen LogP contribution in [0.25, 0.3) is 10.6 Å². The largest absolute Gasteiger partial charge is 0.381 e. The Hall–Kier alpha value is -2.44. The summed E-state index contributed by atoms with van der Waals surface area (Å²) in [6.07, 6.45) is 3.96. The first-order valence-electron chi connectivity index (χ1n) is 9.27. The number of aromatic nitrogens is 2. The minimum absolute atomic E-state index is 0.0852. The summed E-state index contributed by atoms with van der Waals surface area (Å²) < 4.78 is 5.51. The van der Waals surface area contributed by atoms with Gasteiger partial charge in [-0.1, -0.05) is 36.4 Å². The Morgan fingerprint density at radius 3 is 2.74 bits per heavy atom. The lowest BCUT2D eigenvalue weighted by atomic mass is 9.73. The van der Waals surface area contributed by atoms with Crippen molar-refractivity contribution in [1.29, 1.82) is 0 Å². The summed E-state index contributed by atoms with van der Waals surface area (Å²) in [6, 6.07) is 14.2. The highest BCUT2D eigenvalue weighted by molar-refractivity contribution is 7.13. The fraction of sp³-hybridized carbons (Fsp3) is 0.333. The van der Waals surface area contributed by atoms with Gasteiger partial charge in [0.2, 0.25) is 5.91 Å². The van der Waals surface area contributed by atoms with Crippen molar-refractivity contribution in [3.8, 4) is 10.6 Å². The average Bonchev–Trinajstić information content (AvgIpc) is 3.41. The number of imidazole rings is 1. The normalized spacial score (nSPS) is 16.1. The second-order valence-corrected chi connectivity index (χ2v) is 7.73. The zero-order valence-corrected chi connectivity index (χ0v) is 15.9. The number of hydrogen-bond donors (Lipinski definition) is 2. The number of ether oxygens (including phenoxy) is 1. The van der Waals surface area contributed by atoms with Crippen molar-refractivity contribution in [2.45, 2.75) is 24.7 Å². The molecule has 0 radical (unpaired) electrons. The van der Waals surface area contributed by atoms with Gasteiger partial charge in [0.25, 0.3) is 0 Å². The lowest BCUT2D eigenvalue weighted by Gasteiger charge is -2.36. The topological polar surface area (TPSA) is 67.0 Å². The average molecular weight is 382 g/mol. The highest BCUT2D eigenvalue weighted by Gasteiger charge is 2.41. The molecule has 0 saturated carbocycles. The summed E-state index contributed by atoms with van der Waals surface area (Å²) >= 11 is 1.68. The quantitative estimate of drug-likeness (QED) is 0.686. The molecule has 2 N–H and O–H groups in total. The highest BCUT2D eigenvalue weighted by Crippen LogP contribution is 2.35. The lowest BCUT2D eigenvalue weighted by Crippen LogP contribution is -2.48. The first kappa shape index (κ1) is 17.9. The number of benzene rings is 1. The molecule has 6 heteroatoms. The van der Waals surface area contributed by atoms with Crippen molar-refractivity contribution < 1.29 is 9.53 Å². The molecule has 1 fully saturated rings. The number of thiophene rings is 1. The van der Waals surface area contributed by atoms with E-state index in [0.717, 1.165) is 17.1 Å². The van der Waals surface area contributed by atoms with Crippen molar-refractivity contribution in [3.05, 3.63) is 65.4 Å². The SMILES string of the molecule is O=C(NCCc1ncc(-c2cccs2)[nH]1)C1(c2ccccc2)CCOCC1. The van der Waals surface area contributed by atoms with Gasteiger partial charge in [0.05, 0.1) is 22.2 Å². The Morgan fingerprint density at radius 2 is 2.00 bits per heavy atom. The summed E-state index contributed by atoms with van der Waals surface area (Å²) in [5.41, 5.74) is 1.60. The van der Waals surface area contributed by atoms with E-state index in [2.05, 4.69) is 21.4 Å². The highest BCUT2D eigenvalue weighted by atomic mass is 32.1. The Kier molecular flexibility index (Phi) is 5.36. The van der Waals surface area contributed by atoms with Crippen LogP contribution in [0.5, 0.6) is 0 Å². The van der Waals surface area contributed by atoms with Gasteiger partial charge < -0.3 is 15.0 Å². The molecule has 1 aromatic carbocycles. The molecule has 3 heterocycles. The molecule has 3 aromatic rings. The maximum absolute atomic E-state index is 13.1. The fourth-order valence-corrected chi connectivity index (χ4v) is 4.33. The van der Waals surface area contributed by atoms with E-state index < -0.39 is 5.41 Å². The van der Waals surface area contributed by atoms with Gasteiger partial charge in [-0.15, -0.1) is 11.3 Å². The van der Waals surface area contributed by atoms with E-state index in [9.17, 15) is 4.79 Å². The molecule has 140 valence electrons. The molecule has 2 aromatic heterocycles. The predicted octanol–water partition coefficient (Wildman–Crippen LogP) is 3.55. The van der Waals surface area contributed by atoms with E-state index in [1.165, 1.54) is 4.88 Å². The summed E-state index contributed by atoms with van der Waals surface area (Å²) in [6.45, 7) is 1.79. The van der Waals surface area contributed by atoms with Crippen molar-refractivity contribution in [2.24, 2.45) is 0 Å². The molecule has 4 rings (SSSR count). The maximum atomic E-state index is 13.1. The van der Waals surface area contributed by atoms with Crippen molar-refractivity contribution in [1.82, 2.24) is 15.3 Å². The van der Waals surface area contributed by atoms with E-state index in [0.29, 0.717) is 39.0 Å². The molecule has 1 amide bonds. The van der Waals surface area contributed by atoms with Crippen LogP contribution >= 0.6 is 11.3 Å². The van der Waals surface area contributed by atoms with Crippen LogP contribution in [0.1, 0.15) is 24.2 Å². The van der Waals surface area contributed by atoms with Crippen molar-refractivity contribution in [2.75, 3.05) is 19.8 Å². The Labute approximate surface area is 162 Å².